The van der Waals surface area contributed by atoms with Crippen LogP contribution in [0.3, 0.4) is 0 Å². The summed E-state index contributed by atoms with van der Waals surface area (Å²) in [7, 11) is 0. The Morgan fingerprint density at radius 1 is 1.00 bits per heavy atom. The number of ketones is 2. The van der Waals surface area contributed by atoms with Gasteiger partial charge in [0, 0.05) is 17.5 Å². The molecule has 0 saturated carbocycles. The highest BCUT2D eigenvalue weighted by Gasteiger charge is 2.10. The monoisotopic (exact) mass is 248 g/mol. The SMILES string of the molecule is CCOC(=O)CCC(=O)c1ccc(C(C)=O)cc1. The highest BCUT2D eigenvalue weighted by Crippen LogP contribution is 2.09. The minimum absolute atomic E-state index is 0.0412. The van der Waals surface area contributed by atoms with Crippen molar-refractivity contribution in [2.45, 2.75) is 26.7 Å². The lowest BCUT2D eigenvalue weighted by Crippen LogP contribution is -2.08. The van der Waals surface area contributed by atoms with Crippen LogP contribution in [0.2, 0.25) is 0 Å². The number of Topliss-reactive ketones (excluding diaryl/α,β-unsaturated/α-hetero) is 2. The van der Waals surface area contributed by atoms with Gasteiger partial charge in [-0.2, -0.15) is 0 Å². The molecule has 0 radical (unpaired) electrons. The normalized spacial score (nSPS) is 9.89. The third kappa shape index (κ3) is 4.13. The molecule has 0 aliphatic rings. The third-order valence-electron chi connectivity index (χ3n) is 2.47. The van der Waals surface area contributed by atoms with Gasteiger partial charge < -0.3 is 4.74 Å². The summed E-state index contributed by atoms with van der Waals surface area (Å²) in [5.41, 5.74) is 1.07. The van der Waals surface area contributed by atoms with Crippen LogP contribution >= 0.6 is 0 Å². The number of hydrogen-bond acceptors (Lipinski definition) is 4. The van der Waals surface area contributed by atoms with Gasteiger partial charge in [0.25, 0.3) is 0 Å². The smallest absolute Gasteiger partial charge is 0.306 e. The Morgan fingerprint density at radius 2 is 1.56 bits per heavy atom. The van der Waals surface area contributed by atoms with Gasteiger partial charge in [-0.05, 0) is 13.8 Å². The maximum Gasteiger partial charge on any atom is 0.306 e. The van der Waals surface area contributed by atoms with E-state index in [1.54, 1.807) is 31.2 Å². The molecule has 0 N–H and O–H groups in total. The van der Waals surface area contributed by atoms with E-state index in [-0.39, 0.29) is 30.4 Å². The Hall–Kier alpha value is -1.97. The Morgan fingerprint density at radius 3 is 2.06 bits per heavy atom. The van der Waals surface area contributed by atoms with Gasteiger partial charge in [0.15, 0.2) is 11.6 Å². The standard InChI is InChI=1S/C14H16O4/c1-3-18-14(17)9-8-13(16)12-6-4-11(5-7-12)10(2)15/h4-7H,3,8-9H2,1-2H3. The number of rotatable bonds is 6. The summed E-state index contributed by atoms with van der Waals surface area (Å²) in [5, 5.41) is 0. The molecule has 18 heavy (non-hydrogen) atoms. The fourth-order valence-corrected chi connectivity index (χ4v) is 1.48. The van der Waals surface area contributed by atoms with E-state index in [4.69, 9.17) is 4.74 Å². The molecule has 0 aliphatic carbocycles. The topological polar surface area (TPSA) is 60.4 Å². The fourth-order valence-electron chi connectivity index (χ4n) is 1.48. The molecule has 0 amide bonds. The first-order valence-electron chi connectivity index (χ1n) is 5.84. The van der Waals surface area contributed by atoms with E-state index >= 15 is 0 Å². The number of esters is 1. The number of carbonyl (C=O) groups is 3. The van der Waals surface area contributed by atoms with Crippen LogP contribution in [0, 0.1) is 0 Å². The summed E-state index contributed by atoms with van der Waals surface area (Å²) in [6, 6.07) is 6.42. The number of carbonyl (C=O) groups excluding carboxylic acids is 3. The molecule has 0 saturated heterocycles. The van der Waals surface area contributed by atoms with Crippen molar-refractivity contribution in [2.24, 2.45) is 0 Å². The number of benzene rings is 1. The molecule has 4 nitrogen and oxygen atoms in total. The van der Waals surface area contributed by atoms with Crippen molar-refractivity contribution in [3.8, 4) is 0 Å². The van der Waals surface area contributed by atoms with E-state index in [2.05, 4.69) is 0 Å². The predicted molar refractivity (Wildman–Crippen MR) is 66.6 cm³/mol. The van der Waals surface area contributed by atoms with Crippen molar-refractivity contribution < 1.29 is 19.1 Å². The summed E-state index contributed by atoms with van der Waals surface area (Å²) in [6.45, 7) is 3.51. The molecule has 0 aromatic heterocycles. The van der Waals surface area contributed by atoms with Gasteiger partial charge in [-0.3, -0.25) is 14.4 Å². The Labute approximate surface area is 106 Å². The first-order chi connectivity index (χ1) is 8.54. The minimum atomic E-state index is -0.369. The van der Waals surface area contributed by atoms with Crippen LogP contribution in [-0.4, -0.2) is 24.1 Å². The van der Waals surface area contributed by atoms with Gasteiger partial charge in [0.1, 0.15) is 0 Å². The number of ether oxygens (including phenoxy) is 1. The summed E-state index contributed by atoms with van der Waals surface area (Å²) in [4.78, 5) is 33.9. The van der Waals surface area contributed by atoms with Crippen LogP contribution in [0.25, 0.3) is 0 Å². The second-order valence-corrected chi connectivity index (χ2v) is 3.86. The Balaban J connectivity index is 2.56. The molecule has 4 heteroatoms. The lowest BCUT2D eigenvalue weighted by molar-refractivity contribution is -0.143. The Bertz CT molecular complexity index is 445. The van der Waals surface area contributed by atoms with E-state index in [0.717, 1.165) is 0 Å². The zero-order valence-corrected chi connectivity index (χ0v) is 10.6. The second-order valence-electron chi connectivity index (χ2n) is 3.86. The molecule has 1 aromatic rings. The molecule has 0 spiro atoms. The molecule has 0 bridgehead atoms. The minimum Gasteiger partial charge on any atom is -0.466 e. The quantitative estimate of drug-likeness (QED) is 0.573. The van der Waals surface area contributed by atoms with E-state index in [1.807, 2.05) is 0 Å². The largest absolute Gasteiger partial charge is 0.466 e. The van der Waals surface area contributed by atoms with Gasteiger partial charge >= 0.3 is 5.97 Å². The maximum atomic E-state index is 11.7. The van der Waals surface area contributed by atoms with Crippen LogP contribution in [0.15, 0.2) is 24.3 Å². The summed E-state index contributed by atoms with van der Waals surface area (Å²) >= 11 is 0. The molecular formula is C14H16O4. The van der Waals surface area contributed by atoms with Crippen molar-refractivity contribution in [1.82, 2.24) is 0 Å². The van der Waals surface area contributed by atoms with Gasteiger partial charge in [0.05, 0.1) is 13.0 Å². The van der Waals surface area contributed by atoms with Crippen molar-refractivity contribution in [2.75, 3.05) is 6.61 Å². The molecule has 1 aromatic carbocycles. The van der Waals surface area contributed by atoms with Crippen molar-refractivity contribution >= 4 is 17.5 Å². The number of hydrogen-bond donors (Lipinski definition) is 0. The molecule has 0 aliphatic heterocycles. The summed E-state index contributed by atoms with van der Waals surface area (Å²) in [6.07, 6.45) is 0.208. The molecular weight excluding hydrogens is 232 g/mol. The molecule has 0 unspecified atom stereocenters. The van der Waals surface area contributed by atoms with Gasteiger partial charge in [0.2, 0.25) is 0 Å². The predicted octanol–water partition coefficient (Wildman–Crippen LogP) is 2.42. The second kappa shape index (κ2) is 6.69. The summed E-state index contributed by atoms with van der Waals surface area (Å²) in [5.74, 6) is -0.537. The summed E-state index contributed by atoms with van der Waals surface area (Å²) < 4.78 is 4.74. The van der Waals surface area contributed by atoms with Crippen LogP contribution in [-0.2, 0) is 9.53 Å². The zero-order chi connectivity index (χ0) is 13.5. The van der Waals surface area contributed by atoms with E-state index < -0.39 is 0 Å². The lowest BCUT2D eigenvalue weighted by atomic mass is 10.0. The average molecular weight is 248 g/mol. The van der Waals surface area contributed by atoms with Crippen LogP contribution in [0.4, 0.5) is 0 Å². The Kier molecular flexibility index (Phi) is 5.24. The molecule has 0 heterocycles. The van der Waals surface area contributed by atoms with Crippen LogP contribution in [0.1, 0.15) is 47.4 Å². The van der Waals surface area contributed by atoms with Gasteiger partial charge in [-0.25, -0.2) is 0 Å². The first-order valence-corrected chi connectivity index (χ1v) is 5.84. The highest BCUT2D eigenvalue weighted by atomic mass is 16.5. The maximum absolute atomic E-state index is 11.7. The molecule has 1 rings (SSSR count). The van der Waals surface area contributed by atoms with E-state index in [9.17, 15) is 14.4 Å². The molecule has 0 fully saturated rings. The van der Waals surface area contributed by atoms with Crippen LogP contribution < -0.4 is 0 Å². The van der Waals surface area contributed by atoms with Crippen molar-refractivity contribution in [3.05, 3.63) is 35.4 Å². The van der Waals surface area contributed by atoms with Crippen molar-refractivity contribution in [1.29, 1.82) is 0 Å². The van der Waals surface area contributed by atoms with E-state index in [1.165, 1.54) is 6.92 Å². The van der Waals surface area contributed by atoms with Gasteiger partial charge in [-0.1, -0.05) is 24.3 Å². The van der Waals surface area contributed by atoms with Crippen LogP contribution in [0.5, 0.6) is 0 Å². The zero-order valence-electron chi connectivity index (χ0n) is 10.6. The van der Waals surface area contributed by atoms with Gasteiger partial charge in [-0.15, -0.1) is 0 Å². The average Bonchev–Trinajstić information content (AvgIpc) is 2.36. The van der Waals surface area contributed by atoms with Crippen molar-refractivity contribution in [3.63, 3.8) is 0 Å². The lowest BCUT2D eigenvalue weighted by Gasteiger charge is -2.02. The first kappa shape index (κ1) is 14.1. The molecule has 96 valence electrons. The van der Waals surface area contributed by atoms with E-state index in [0.29, 0.717) is 17.7 Å². The fraction of sp³-hybridized carbons (Fsp3) is 0.357. The molecule has 0 atom stereocenters. The third-order valence-corrected chi connectivity index (χ3v) is 2.47. The highest BCUT2D eigenvalue weighted by molar-refractivity contribution is 5.99.